The molecular formula is C24H23N5O2. The molecule has 0 spiro atoms. The summed E-state index contributed by atoms with van der Waals surface area (Å²) in [6, 6.07) is 17.8. The highest BCUT2D eigenvalue weighted by molar-refractivity contribution is 5.95. The van der Waals surface area contributed by atoms with Crippen molar-refractivity contribution in [3.8, 4) is 11.6 Å². The Bertz CT molecular complexity index is 1210. The molecule has 3 heterocycles. The Kier molecular flexibility index (Phi) is 5.08. The lowest BCUT2D eigenvalue weighted by Gasteiger charge is -2.32. The second-order valence-electron chi connectivity index (χ2n) is 7.74. The minimum absolute atomic E-state index is 0.0114. The van der Waals surface area contributed by atoms with E-state index in [1.807, 2.05) is 71.1 Å². The van der Waals surface area contributed by atoms with E-state index in [-0.39, 0.29) is 12.0 Å². The van der Waals surface area contributed by atoms with E-state index in [0.29, 0.717) is 24.5 Å². The van der Waals surface area contributed by atoms with Gasteiger partial charge in [0.15, 0.2) is 0 Å². The number of hydrogen-bond donors (Lipinski definition) is 0. The van der Waals surface area contributed by atoms with E-state index in [1.165, 1.54) is 0 Å². The summed E-state index contributed by atoms with van der Waals surface area (Å²) in [6.45, 7) is 3.21. The molecular weight excluding hydrogens is 390 g/mol. The SMILES string of the molecule is Cc1c(C(=O)N2CCC(Oc3nncc4ccccc34)CC2)cnn1-c1ccccc1. The molecule has 0 unspecified atom stereocenters. The number of hydrogen-bond acceptors (Lipinski definition) is 5. The van der Waals surface area contributed by atoms with Crippen LogP contribution in [0, 0.1) is 6.92 Å². The summed E-state index contributed by atoms with van der Waals surface area (Å²) < 4.78 is 7.97. The molecule has 7 heteroatoms. The first-order valence-electron chi connectivity index (χ1n) is 10.5. The molecule has 0 atom stereocenters. The third-order valence-corrected chi connectivity index (χ3v) is 5.79. The molecule has 2 aromatic heterocycles. The summed E-state index contributed by atoms with van der Waals surface area (Å²) in [5.74, 6) is 0.575. The zero-order valence-corrected chi connectivity index (χ0v) is 17.3. The molecule has 0 saturated carbocycles. The molecule has 1 saturated heterocycles. The largest absolute Gasteiger partial charge is 0.473 e. The average molecular weight is 413 g/mol. The Balaban J connectivity index is 1.26. The molecule has 1 amide bonds. The van der Waals surface area contributed by atoms with Crippen molar-refractivity contribution in [3.05, 3.63) is 78.2 Å². The fraction of sp³-hybridized carbons (Fsp3) is 0.250. The van der Waals surface area contributed by atoms with Gasteiger partial charge in [-0.05, 0) is 25.1 Å². The molecule has 0 aliphatic carbocycles. The number of aromatic nitrogens is 4. The topological polar surface area (TPSA) is 73.1 Å². The summed E-state index contributed by atoms with van der Waals surface area (Å²) >= 11 is 0. The molecule has 2 aromatic carbocycles. The van der Waals surface area contributed by atoms with Crippen LogP contribution in [-0.4, -0.2) is 50.0 Å². The number of benzene rings is 2. The van der Waals surface area contributed by atoms with Gasteiger partial charge in [0.1, 0.15) is 6.10 Å². The number of carbonyl (C=O) groups is 1. The maximum atomic E-state index is 13.1. The highest BCUT2D eigenvalue weighted by Crippen LogP contribution is 2.25. The number of ether oxygens (including phenoxy) is 1. The second kappa shape index (κ2) is 8.18. The van der Waals surface area contributed by atoms with Gasteiger partial charge in [-0.1, -0.05) is 36.4 Å². The molecule has 0 bridgehead atoms. The number of piperidine rings is 1. The Morgan fingerprint density at radius 1 is 1.00 bits per heavy atom. The van der Waals surface area contributed by atoms with Crippen molar-refractivity contribution < 1.29 is 9.53 Å². The quantitative estimate of drug-likeness (QED) is 0.509. The fourth-order valence-electron chi connectivity index (χ4n) is 4.04. The van der Waals surface area contributed by atoms with Crippen LogP contribution >= 0.6 is 0 Å². The van der Waals surface area contributed by atoms with Crippen LogP contribution in [0.5, 0.6) is 5.88 Å². The summed E-state index contributed by atoms with van der Waals surface area (Å²) in [6.07, 6.45) is 4.92. The molecule has 0 radical (unpaired) electrons. The maximum Gasteiger partial charge on any atom is 0.257 e. The molecule has 0 N–H and O–H groups in total. The first-order chi connectivity index (χ1) is 15.2. The first-order valence-corrected chi connectivity index (χ1v) is 10.5. The monoisotopic (exact) mass is 413 g/mol. The van der Waals surface area contributed by atoms with Crippen molar-refractivity contribution in [3.63, 3.8) is 0 Å². The molecule has 156 valence electrons. The smallest absolute Gasteiger partial charge is 0.257 e. The van der Waals surface area contributed by atoms with Crippen molar-refractivity contribution in [1.29, 1.82) is 0 Å². The zero-order valence-electron chi connectivity index (χ0n) is 17.3. The van der Waals surface area contributed by atoms with Crippen molar-refractivity contribution in [2.45, 2.75) is 25.9 Å². The Hall–Kier alpha value is -3.74. The predicted molar refractivity (Wildman–Crippen MR) is 117 cm³/mol. The molecule has 31 heavy (non-hydrogen) atoms. The number of rotatable bonds is 4. The summed E-state index contributed by atoms with van der Waals surface area (Å²) in [5.41, 5.74) is 2.44. The van der Waals surface area contributed by atoms with Crippen LogP contribution in [0.2, 0.25) is 0 Å². The van der Waals surface area contributed by atoms with Gasteiger partial charge in [-0.3, -0.25) is 4.79 Å². The van der Waals surface area contributed by atoms with Crippen LogP contribution in [0.3, 0.4) is 0 Å². The average Bonchev–Trinajstić information content (AvgIpc) is 3.21. The van der Waals surface area contributed by atoms with Crippen LogP contribution in [0.15, 0.2) is 67.0 Å². The van der Waals surface area contributed by atoms with Crippen LogP contribution in [-0.2, 0) is 0 Å². The van der Waals surface area contributed by atoms with Crippen molar-refractivity contribution in [2.75, 3.05) is 13.1 Å². The van der Waals surface area contributed by atoms with Gasteiger partial charge in [-0.15, -0.1) is 5.10 Å². The fourth-order valence-corrected chi connectivity index (χ4v) is 4.04. The van der Waals surface area contributed by atoms with Crippen LogP contribution in [0.4, 0.5) is 0 Å². The van der Waals surface area contributed by atoms with Crippen LogP contribution < -0.4 is 4.74 Å². The van der Waals surface area contributed by atoms with E-state index in [0.717, 1.165) is 35.0 Å². The lowest BCUT2D eigenvalue weighted by Crippen LogP contribution is -2.42. The van der Waals surface area contributed by atoms with Crippen LogP contribution in [0.25, 0.3) is 16.5 Å². The summed E-state index contributed by atoms with van der Waals surface area (Å²) in [4.78, 5) is 15.0. The summed E-state index contributed by atoms with van der Waals surface area (Å²) in [5, 5.41) is 14.6. The Labute approximate surface area is 180 Å². The lowest BCUT2D eigenvalue weighted by molar-refractivity contribution is 0.0588. The summed E-state index contributed by atoms with van der Waals surface area (Å²) in [7, 11) is 0. The minimum Gasteiger partial charge on any atom is -0.473 e. The van der Waals surface area contributed by atoms with Gasteiger partial charge in [-0.25, -0.2) is 4.68 Å². The van der Waals surface area contributed by atoms with E-state index in [4.69, 9.17) is 4.74 Å². The van der Waals surface area contributed by atoms with E-state index in [1.54, 1.807) is 12.4 Å². The van der Waals surface area contributed by atoms with Gasteiger partial charge in [0, 0.05) is 36.7 Å². The Morgan fingerprint density at radius 3 is 2.55 bits per heavy atom. The normalized spacial score (nSPS) is 14.7. The van der Waals surface area contributed by atoms with E-state index < -0.39 is 0 Å². The van der Waals surface area contributed by atoms with Crippen LogP contribution in [0.1, 0.15) is 28.9 Å². The van der Waals surface area contributed by atoms with E-state index in [9.17, 15) is 4.79 Å². The highest BCUT2D eigenvalue weighted by Gasteiger charge is 2.27. The van der Waals surface area contributed by atoms with Gasteiger partial charge < -0.3 is 9.64 Å². The number of carbonyl (C=O) groups excluding carboxylic acids is 1. The van der Waals surface area contributed by atoms with E-state index >= 15 is 0 Å². The van der Waals surface area contributed by atoms with E-state index in [2.05, 4.69) is 15.3 Å². The number of likely N-dealkylation sites (tertiary alicyclic amines) is 1. The van der Waals surface area contributed by atoms with Crippen molar-refractivity contribution in [1.82, 2.24) is 24.9 Å². The number of para-hydroxylation sites is 1. The Morgan fingerprint density at radius 2 is 1.74 bits per heavy atom. The predicted octanol–water partition coefficient (Wildman–Crippen LogP) is 3.81. The lowest BCUT2D eigenvalue weighted by atomic mass is 10.1. The zero-order chi connectivity index (χ0) is 21.2. The first kappa shape index (κ1) is 19.2. The standard InChI is InChI=1S/C24H23N5O2/c1-17-22(16-26-29(17)19-8-3-2-4-9-19)24(30)28-13-11-20(12-14-28)31-23-21-10-6-5-7-18(21)15-25-27-23/h2-10,15-16,20H,11-14H2,1H3. The third kappa shape index (κ3) is 3.74. The number of nitrogens with zero attached hydrogens (tertiary/aromatic N) is 5. The third-order valence-electron chi connectivity index (χ3n) is 5.79. The number of fused-ring (bicyclic) bond motifs is 1. The highest BCUT2D eigenvalue weighted by atomic mass is 16.5. The van der Waals surface area contributed by atoms with Gasteiger partial charge in [0.05, 0.1) is 29.3 Å². The molecule has 1 aliphatic heterocycles. The van der Waals surface area contributed by atoms with Gasteiger partial charge >= 0.3 is 0 Å². The molecule has 5 rings (SSSR count). The van der Waals surface area contributed by atoms with Crippen molar-refractivity contribution >= 4 is 16.7 Å². The van der Waals surface area contributed by atoms with Gasteiger partial charge in [0.2, 0.25) is 5.88 Å². The molecule has 1 fully saturated rings. The van der Waals surface area contributed by atoms with Gasteiger partial charge in [-0.2, -0.15) is 10.2 Å². The second-order valence-corrected chi connectivity index (χ2v) is 7.74. The number of amides is 1. The molecule has 7 nitrogen and oxygen atoms in total. The minimum atomic E-state index is 0.0114. The van der Waals surface area contributed by atoms with Gasteiger partial charge in [0.25, 0.3) is 5.91 Å². The molecule has 4 aromatic rings. The van der Waals surface area contributed by atoms with Crippen molar-refractivity contribution in [2.24, 2.45) is 0 Å². The maximum absolute atomic E-state index is 13.1. The molecule has 1 aliphatic rings.